The summed E-state index contributed by atoms with van der Waals surface area (Å²) in [5, 5.41) is 0.725. The van der Waals surface area contributed by atoms with Gasteiger partial charge in [0.1, 0.15) is 0 Å². The number of sulfonamides is 1. The Morgan fingerprint density at radius 1 is 1.04 bits per heavy atom. The molecule has 1 heterocycles. The number of ether oxygens (including phenoxy) is 2. The Morgan fingerprint density at radius 3 is 2.44 bits per heavy atom. The minimum Gasteiger partial charge on any atom is -0.493 e. The predicted molar refractivity (Wildman–Crippen MR) is 100 cm³/mol. The predicted octanol–water partition coefficient (Wildman–Crippen LogP) is 1.82. The first-order chi connectivity index (χ1) is 12.9. The second-order valence-corrected chi connectivity index (χ2v) is 7.43. The molecule has 2 aromatic carbocycles. The van der Waals surface area contributed by atoms with Crippen molar-refractivity contribution in [1.29, 1.82) is 0 Å². The first-order valence-electron chi connectivity index (χ1n) is 7.95. The molecule has 8 nitrogen and oxygen atoms in total. The van der Waals surface area contributed by atoms with Crippen molar-refractivity contribution in [2.75, 3.05) is 14.2 Å². The van der Waals surface area contributed by atoms with Gasteiger partial charge in [0, 0.05) is 30.2 Å². The van der Waals surface area contributed by atoms with Gasteiger partial charge in [-0.1, -0.05) is 18.2 Å². The van der Waals surface area contributed by atoms with Crippen LogP contribution in [-0.2, 0) is 17.1 Å². The van der Waals surface area contributed by atoms with Gasteiger partial charge in [0.05, 0.1) is 24.7 Å². The van der Waals surface area contributed by atoms with Gasteiger partial charge in [-0.05, 0) is 18.2 Å². The molecule has 0 aliphatic carbocycles. The third-order valence-electron chi connectivity index (χ3n) is 4.11. The number of aryl methyl sites for hydroxylation is 1. The van der Waals surface area contributed by atoms with Crippen LogP contribution in [-0.4, -0.2) is 33.1 Å². The molecule has 142 valence electrons. The zero-order valence-corrected chi connectivity index (χ0v) is 15.8. The lowest BCUT2D eigenvalue weighted by Gasteiger charge is -2.11. The third kappa shape index (κ3) is 3.60. The number of amides is 1. The Balaban J connectivity index is 1.82. The number of nitrogens with one attached hydrogen (secondary N) is 2. The van der Waals surface area contributed by atoms with Gasteiger partial charge in [-0.25, -0.2) is 8.42 Å². The van der Waals surface area contributed by atoms with Crippen LogP contribution in [0.5, 0.6) is 11.5 Å². The van der Waals surface area contributed by atoms with Crippen molar-refractivity contribution in [2.45, 2.75) is 4.90 Å². The average molecular weight is 389 g/mol. The summed E-state index contributed by atoms with van der Waals surface area (Å²) in [6.07, 6.45) is 1.64. The maximum absolute atomic E-state index is 12.5. The summed E-state index contributed by atoms with van der Waals surface area (Å²) >= 11 is 0. The lowest BCUT2D eigenvalue weighted by Crippen LogP contribution is -2.41. The number of fused-ring (bicyclic) bond motifs is 1. The van der Waals surface area contributed by atoms with Crippen molar-refractivity contribution in [3.05, 3.63) is 54.2 Å². The smallest absolute Gasteiger partial charge is 0.268 e. The van der Waals surface area contributed by atoms with Crippen LogP contribution in [0.3, 0.4) is 0 Å². The van der Waals surface area contributed by atoms with Crippen molar-refractivity contribution >= 4 is 26.8 Å². The van der Waals surface area contributed by atoms with E-state index in [-0.39, 0.29) is 10.6 Å². The first kappa shape index (κ1) is 18.7. The number of carbonyl (C=O) groups is 1. The topological polar surface area (TPSA) is 98.7 Å². The Morgan fingerprint density at radius 2 is 1.74 bits per heavy atom. The summed E-state index contributed by atoms with van der Waals surface area (Å²) in [4.78, 5) is 14.5. The molecule has 0 radical (unpaired) electrons. The molecule has 0 aliphatic heterocycles. The van der Waals surface area contributed by atoms with E-state index in [4.69, 9.17) is 9.47 Å². The SMILES string of the molecule is COc1ccc(S(=O)(=O)NNC(=O)c2cn(C)c3ccccc23)cc1OC. The van der Waals surface area contributed by atoms with E-state index in [1.165, 1.54) is 32.4 Å². The molecule has 27 heavy (non-hydrogen) atoms. The maximum Gasteiger partial charge on any atom is 0.268 e. The number of hydrazine groups is 1. The second kappa shape index (κ2) is 7.29. The van der Waals surface area contributed by atoms with Gasteiger partial charge in [-0.2, -0.15) is 0 Å². The van der Waals surface area contributed by atoms with Gasteiger partial charge in [-0.3, -0.25) is 10.2 Å². The van der Waals surface area contributed by atoms with Gasteiger partial charge >= 0.3 is 0 Å². The highest BCUT2D eigenvalue weighted by molar-refractivity contribution is 7.89. The Bertz CT molecular complexity index is 1110. The van der Waals surface area contributed by atoms with E-state index < -0.39 is 15.9 Å². The fraction of sp³-hybridized carbons (Fsp3) is 0.167. The summed E-state index contributed by atoms with van der Waals surface area (Å²) in [6, 6.07) is 11.5. The highest BCUT2D eigenvalue weighted by atomic mass is 32.2. The van der Waals surface area contributed by atoms with Crippen LogP contribution >= 0.6 is 0 Å². The zero-order valence-electron chi connectivity index (χ0n) is 15.0. The monoisotopic (exact) mass is 389 g/mol. The van der Waals surface area contributed by atoms with Gasteiger partial charge in [0.15, 0.2) is 11.5 Å². The largest absolute Gasteiger partial charge is 0.493 e. The van der Waals surface area contributed by atoms with Gasteiger partial charge in [0.25, 0.3) is 15.9 Å². The number of aromatic nitrogens is 1. The highest BCUT2D eigenvalue weighted by Gasteiger charge is 2.20. The number of methoxy groups -OCH3 is 2. The van der Waals surface area contributed by atoms with Crippen molar-refractivity contribution in [3.63, 3.8) is 0 Å². The summed E-state index contributed by atoms with van der Waals surface area (Å²) in [5.41, 5.74) is 3.48. The number of nitrogens with zero attached hydrogens (tertiary/aromatic N) is 1. The molecule has 0 saturated carbocycles. The highest BCUT2D eigenvalue weighted by Crippen LogP contribution is 2.29. The first-order valence-corrected chi connectivity index (χ1v) is 9.44. The van der Waals surface area contributed by atoms with Crippen LogP contribution in [0.2, 0.25) is 0 Å². The number of benzene rings is 2. The van der Waals surface area contributed by atoms with E-state index in [0.29, 0.717) is 11.3 Å². The molecule has 1 aromatic heterocycles. The molecule has 0 spiro atoms. The summed E-state index contributed by atoms with van der Waals surface area (Å²) in [5.74, 6) is 0.104. The number of para-hydroxylation sites is 1. The molecule has 3 rings (SSSR count). The Kier molecular flexibility index (Phi) is 5.06. The molecule has 0 unspecified atom stereocenters. The summed E-state index contributed by atoms with van der Waals surface area (Å²) in [6.45, 7) is 0. The standard InChI is InChI=1S/C18H19N3O5S/c1-21-11-14(13-6-4-5-7-15(13)21)18(22)19-20-27(23,24)12-8-9-16(25-2)17(10-12)26-3/h4-11,20H,1-3H3,(H,19,22). The van der Waals surface area contributed by atoms with E-state index >= 15 is 0 Å². The molecule has 0 aliphatic rings. The molecular formula is C18H19N3O5S. The van der Waals surface area contributed by atoms with E-state index in [1.54, 1.807) is 16.8 Å². The van der Waals surface area contributed by atoms with Crippen molar-refractivity contribution < 1.29 is 22.7 Å². The molecule has 0 bridgehead atoms. The van der Waals surface area contributed by atoms with Crippen LogP contribution in [0.15, 0.2) is 53.6 Å². The van der Waals surface area contributed by atoms with Crippen LogP contribution in [0.25, 0.3) is 10.9 Å². The van der Waals surface area contributed by atoms with Gasteiger partial charge < -0.3 is 14.0 Å². The molecule has 1 amide bonds. The summed E-state index contributed by atoms with van der Waals surface area (Å²) in [7, 11) is 0.680. The number of hydrogen-bond acceptors (Lipinski definition) is 5. The molecule has 9 heteroatoms. The molecule has 2 N–H and O–H groups in total. The minimum atomic E-state index is -3.99. The molecular weight excluding hydrogens is 370 g/mol. The number of carbonyl (C=O) groups excluding carboxylic acids is 1. The molecule has 3 aromatic rings. The second-order valence-electron chi connectivity index (χ2n) is 5.75. The lowest BCUT2D eigenvalue weighted by atomic mass is 10.2. The van der Waals surface area contributed by atoms with Crippen LogP contribution in [0.1, 0.15) is 10.4 Å². The normalized spacial score (nSPS) is 11.4. The maximum atomic E-state index is 12.5. The third-order valence-corrected chi connectivity index (χ3v) is 5.35. The van der Waals surface area contributed by atoms with E-state index in [1.807, 2.05) is 25.2 Å². The number of hydrogen-bond donors (Lipinski definition) is 2. The fourth-order valence-corrected chi connectivity index (χ4v) is 3.60. The zero-order chi connectivity index (χ0) is 19.6. The van der Waals surface area contributed by atoms with Crippen molar-refractivity contribution in [1.82, 2.24) is 14.8 Å². The van der Waals surface area contributed by atoms with Crippen molar-refractivity contribution in [2.24, 2.45) is 7.05 Å². The fourth-order valence-electron chi connectivity index (χ4n) is 2.75. The minimum absolute atomic E-state index is 0.0710. The van der Waals surface area contributed by atoms with Crippen LogP contribution < -0.4 is 19.7 Å². The number of rotatable bonds is 6. The average Bonchev–Trinajstić information content (AvgIpc) is 3.02. The lowest BCUT2D eigenvalue weighted by molar-refractivity contribution is 0.0946. The molecule has 0 saturated heterocycles. The Hall–Kier alpha value is -3.04. The molecule has 0 atom stereocenters. The van der Waals surface area contributed by atoms with Gasteiger partial charge in [-0.15, -0.1) is 4.83 Å². The van der Waals surface area contributed by atoms with E-state index in [2.05, 4.69) is 10.3 Å². The quantitative estimate of drug-likeness (QED) is 0.627. The van der Waals surface area contributed by atoms with Gasteiger partial charge in [0.2, 0.25) is 0 Å². The van der Waals surface area contributed by atoms with E-state index in [0.717, 1.165) is 10.9 Å². The van der Waals surface area contributed by atoms with E-state index in [9.17, 15) is 13.2 Å². The molecule has 0 fully saturated rings. The Labute approximate surface area is 156 Å². The summed E-state index contributed by atoms with van der Waals surface area (Å²) < 4.78 is 37.0. The van der Waals surface area contributed by atoms with Crippen molar-refractivity contribution in [3.8, 4) is 11.5 Å². The van der Waals surface area contributed by atoms with Crippen LogP contribution in [0.4, 0.5) is 0 Å². The van der Waals surface area contributed by atoms with Crippen LogP contribution in [0, 0.1) is 0 Å².